The maximum absolute atomic E-state index is 12.8. The van der Waals surface area contributed by atoms with Gasteiger partial charge in [-0.1, -0.05) is 12.1 Å². The number of Topliss-reactive ketones (excluding diaryl/α,β-unsaturated/α-hetero) is 1. The minimum absolute atomic E-state index is 0.0244. The Morgan fingerprint density at radius 1 is 1.24 bits per heavy atom. The molecule has 0 unspecified atom stereocenters. The van der Waals surface area contributed by atoms with Crippen LogP contribution < -0.4 is 14.2 Å². The van der Waals surface area contributed by atoms with Gasteiger partial charge in [0, 0.05) is 30.7 Å². The van der Waals surface area contributed by atoms with Gasteiger partial charge in [-0.05, 0) is 35.3 Å². The molecule has 1 aromatic heterocycles. The van der Waals surface area contributed by atoms with Gasteiger partial charge in [0.1, 0.15) is 17.3 Å². The van der Waals surface area contributed by atoms with E-state index in [1.165, 1.54) is 37.5 Å². The van der Waals surface area contributed by atoms with Gasteiger partial charge in [-0.25, -0.2) is 0 Å². The summed E-state index contributed by atoms with van der Waals surface area (Å²) in [5, 5.41) is 14.6. The van der Waals surface area contributed by atoms with Crippen molar-refractivity contribution >= 4 is 23.5 Å². The predicted octanol–water partition coefficient (Wildman–Crippen LogP) is 4.05. The van der Waals surface area contributed by atoms with Crippen molar-refractivity contribution in [3.05, 3.63) is 80.8 Å². The van der Waals surface area contributed by atoms with E-state index in [9.17, 15) is 19.7 Å². The van der Waals surface area contributed by atoms with Crippen molar-refractivity contribution in [3.8, 4) is 17.4 Å². The Bertz CT molecular complexity index is 1290. The lowest BCUT2D eigenvalue weighted by atomic mass is 10.0. The SMILES string of the molecule is COc1cc(CCC(=O)Oc2cc(C)c3c(c2)O/C(=C\c2cccc([N+](=O)[O-])c2)C3=O)on1. The van der Waals surface area contributed by atoms with Crippen LogP contribution in [0.25, 0.3) is 6.08 Å². The number of benzene rings is 2. The molecule has 168 valence electrons. The van der Waals surface area contributed by atoms with E-state index in [4.69, 9.17) is 18.7 Å². The van der Waals surface area contributed by atoms with Crippen LogP contribution in [0.1, 0.15) is 33.7 Å². The van der Waals surface area contributed by atoms with E-state index in [0.29, 0.717) is 28.3 Å². The fourth-order valence-corrected chi connectivity index (χ4v) is 3.33. The molecule has 0 N–H and O–H groups in total. The number of non-ortho nitro benzene ring substituents is 1. The predicted molar refractivity (Wildman–Crippen MR) is 114 cm³/mol. The van der Waals surface area contributed by atoms with Crippen molar-refractivity contribution in [1.29, 1.82) is 0 Å². The normalized spacial score (nSPS) is 13.5. The molecule has 0 bridgehead atoms. The van der Waals surface area contributed by atoms with Crippen molar-refractivity contribution in [2.45, 2.75) is 19.8 Å². The number of carbonyl (C=O) groups excluding carboxylic acids is 2. The van der Waals surface area contributed by atoms with Crippen LogP contribution in [0.3, 0.4) is 0 Å². The molecule has 10 nitrogen and oxygen atoms in total. The van der Waals surface area contributed by atoms with E-state index < -0.39 is 10.9 Å². The lowest BCUT2D eigenvalue weighted by molar-refractivity contribution is -0.384. The van der Waals surface area contributed by atoms with Crippen molar-refractivity contribution < 1.29 is 33.2 Å². The summed E-state index contributed by atoms with van der Waals surface area (Å²) in [5.74, 6) is 0.460. The number of aryl methyl sites for hydroxylation is 2. The molecule has 3 aromatic rings. The summed E-state index contributed by atoms with van der Waals surface area (Å²) in [5.41, 5.74) is 1.28. The minimum atomic E-state index is -0.516. The topological polar surface area (TPSA) is 131 Å². The molecule has 0 saturated carbocycles. The molecule has 0 spiro atoms. The van der Waals surface area contributed by atoms with Crippen LogP contribution in [0, 0.1) is 17.0 Å². The highest BCUT2D eigenvalue weighted by Gasteiger charge is 2.30. The number of hydrogen-bond donors (Lipinski definition) is 0. The number of ether oxygens (including phenoxy) is 3. The summed E-state index contributed by atoms with van der Waals surface area (Å²) in [6.45, 7) is 1.70. The van der Waals surface area contributed by atoms with Gasteiger partial charge >= 0.3 is 5.97 Å². The fourth-order valence-electron chi connectivity index (χ4n) is 3.33. The van der Waals surface area contributed by atoms with Gasteiger partial charge in [0.05, 0.1) is 24.0 Å². The van der Waals surface area contributed by atoms with Gasteiger partial charge in [0.2, 0.25) is 5.78 Å². The molecule has 0 atom stereocenters. The van der Waals surface area contributed by atoms with E-state index in [1.807, 2.05) is 0 Å². The summed E-state index contributed by atoms with van der Waals surface area (Å²) in [7, 11) is 1.46. The molecule has 33 heavy (non-hydrogen) atoms. The Hall–Kier alpha value is -4.47. The summed E-state index contributed by atoms with van der Waals surface area (Å²) in [4.78, 5) is 35.5. The molecule has 10 heteroatoms. The number of nitro benzene ring substituents is 1. The zero-order valence-electron chi connectivity index (χ0n) is 17.7. The number of allylic oxidation sites excluding steroid dienone is 1. The highest BCUT2D eigenvalue weighted by molar-refractivity contribution is 6.15. The van der Waals surface area contributed by atoms with Crippen LogP contribution in [0.2, 0.25) is 0 Å². The van der Waals surface area contributed by atoms with Gasteiger partial charge < -0.3 is 18.7 Å². The number of nitrogens with zero attached hydrogens (tertiary/aromatic N) is 2. The highest BCUT2D eigenvalue weighted by Crippen LogP contribution is 2.37. The van der Waals surface area contributed by atoms with Gasteiger partial charge in [0.25, 0.3) is 11.6 Å². The zero-order chi connectivity index (χ0) is 23.5. The number of methoxy groups -OCH3 is 1. The van der Waals surface area contributed by atoms with Crippen molar-refractivity contribution in [3.63, 3.8) is 0 Å². The van der Waals surface area contributed by atoms with Crippen LogP contribution in [0.15, 0.2) is 52.7 Å². The standard InChI is InChI=1S/C23H18N2O8/c1-13-8-17(31-21(26)7-6-16-12-20(30-2)24-33-16)11-18-22(13)23(27)19(32-18)10-14-4-3-5-15(9-14)25(28)29/h3-5,8-12H,6-7H2,1-2H3/b19-10-. The minimum Gasteiger partial charge on any atom is -0.479 e. The third kappa shape index (κ3) is 4.74. The lowest BCUT2D eigenvalue weighted by Crippen LogP contribution is -2.09. The average molecular weight is 450 g/mol. The molecular weight excluding hydrogens is 432 g/mol. The second-order valence-corrected chi connectivity index (χ2v) is 7.21. The summed E-state index contributed by atoms with van der Waals surface area (Å²) >= 11 is 0. The fraction of sp³-hybridized carbons (Fsp3) is 0.174. The maximum atomic E-state index is 12.8. The van der Waals surface area contributed by atoms with E-state index in [1.54, 1.807) is 25.1 Å². The molecule has 0 radical (unpaired) electrons. The second-order valence-electron chi connectivity index (χ2n) is 7.21. The zero-order valence-corrected chi connectivity index (χ0v) is 17.7. The number of aromatic nitrogens is 1. The first kappa shape index (κ1) is 21.8. The van der Waals surface area contributed by atoms with Crippen molar-refractivity contribution in [2.24, 2.45) is 0 Å². The Morgan fingerprint density at radius 3 is 2.79 bits per heavy atom. The molecular formula is C23H18N2O8. The number of carbonyl (C=O) groups is 2. The van der Waals surface area contributed by atoms with Crippen LogP contribution in [0.4, 0.5) is 5.69 Å². The number of fused-ring (bicyclic) bond motifs is 1. The van der Waals surface area contributed by atoms with E-state index in [0.717, 1.165) is 0 Å². The highest BCUT2D eigenvalue weighted by atomic mass is 16.6. The molecule has 0 fully saturated rings. The van der Waals surface area contributed by atoms with Crippen LogP contribution in [-0.2, 0) is 11.2 Å². The number of hydrogen-bond acceptors (Lipinski definition) is 9. The summed E-state index contributed by atoms with van der Waals surface area (Å²) in [6, 6.07) is 10.5. The summed E-state index contributed by atoms with van der Waals surface area (Å²) < 4.78 is 21.0. The molecule has 2 heterocycles. The Kier molecular flexibility index (Phi) is 5.90. The first-order valence-electron chi connectivity index (χ1n) is 9.87. The monoisotopic (exact) mass is 450 g/mol. The molecule has 0 aliphatic carbocycles. The summed E-state index contributed by atoms with van der Waals surface area (Å²) in [6.07, 6.45) is 1.77. The smallest absolute Gasteiger partial charge is 0.311 e. The first-order valence-corrected chi connectivity index (χ1v) is 9.87. The van der Waals surface area contributed by atoms with Gasteiger partial charge in [0.15, 0.2) is 5.76 Å². The van der Waals surface area contributed by atoms with Crippen LogP contribution in [-0.4, -0.2) is 28.9 Å². The van der Waals surface area contributed by atoms with Crippen molar-refractivity contribution in [2.75, 3.05) is 7.11 Å². The van der Waals surface area contributed by atoms with E-state index in [2.05, 4.69) is 5.16 Å². The van der Waals surface area contributed by atoms with Gasteiger partial charge in [-0.2, -0.15) is 0 Å². The Morgan fingerprint density at radius 2 is 2.06 bits per heavy atom. The first-order chi connectivity index (χ1) is 15.8. The molecule has 2 aromatic carbocycles. The number of nitro groups is 1. The van der Waals surface area contributed by atoms with E-state index >= 15 is 0 Å². The molecule has 0 saturated heterocycles. The van der Waals surface area contributed by atoms with Crippen LogP contribution in [0.5, 0.6) is 17.4 Å². The third-order valence-electron chi connectivity index (χ3n) is 4.88. The Labute approximate surface area is 187 Å². The molecule has 1 aliphatic rings. The third-order valence-corrected chi connectivity index (χ3v) is 4.88. The largest absolute Gasteiger partial charge is 0.479 e. The molecule has 0 amide bonds. The lowest BCUT2D eigenvalue weighted by Gasteiger charge is -2.07. The van der Waals surface area contributed by atoms with Gasteiger partial charge in [-0.3, -0.25) is 19.7 Å². The molecule has 1 aliphatic heterocycles. The molecule has 4 rings (SSSR count). The Balaban J connectivity index is 1.47. The number of rotatable bonds is 7. The number of esters is 1. The number of ketones is 1. The second kappa shape index (κ2) is 8.95. The van der Waals surface area contributed by atoms with E-state index in [-0.39, 0.29) is 41.6 Å². The van der Waals surface area contributed by atoms with Gasteiger partial charge in [-0.15, -0.1) is 0 Å². The average Bonchev–Trinajstić information content (AvgIpc) is 3.37. The van der Waals surface area contributed by atoms with Crippen molar-refractivity contribution in [1.82, 2.24) is 5.16 Å². The quantitative estimate of drug-likeness (QED) is 0.172. The maximum Gasteiger partial charge on any atom is 0.311 e. The van der Waals surface area contributed by atoms with Crippen LogP contribution >= 0.6 is 0 Å².